The lowest BCUT2D eigenvalue weighted by Crippen LogP contribution is -2.01. The Hall–Kier alpha value is -3.38. The van der Waals surface area contributed by atoms with E-state index in [1.807, 2.05) is 0 Å². The number of hydrogen-bond acceptors (Lipinski definition) is 0. The van der Waals surface area contributed by atoms with Gasteiger partial charge in [-0.05, 0) is 70.2 Å². The van der Waals surface area contributed by atoms with Crippen LogP contribution in [-0.2, 0) is 19.3 Å². The lowest BCUT2D eigenvalue weighted by molar-refractivity contribution is 0.906. The van der Waals surface area contributed by atoms with E-state index in [0.717, 1.165) is 25.7 Å². The van der Waals surface area contributed by atoms with Crippen molar-refractivity contribution in [2.75, 3.05) is 0 Å². The summed E-state index contributed by atoms with van der Waals surface area (Å²) in [5.74, 6) is 0.285. The number of rotatable bonds is 6. The van der Waals surface area contributed by atoms with Gasteiger partial charge < -0.3 is 0 Å². The van der Waals surface area contributed by atoms with E-state index < -0.39 is 0 Å². The highest BCUT2D eigenvalue weighted by Gasteiger charge is 2.30. The zero-order valence-corrected chi connectivity index (χ0v) is 18.9. The van der Waals surface area contributed by atoms with Gasteiger partial charge in [-0.3, -0.25) is 0 Å². The summed E-state index contributed by atoms with van der Waals surface area (Å²) < 4.78 is 0. The molecule has 2 aliphatic rings. The highest BCUT2D eigenvalue weighted by atomic mass is 14.3. The average Bonchev–Trinajstić information content (AvgIpc) is 3.41. The van der Waals surface area contributed by atoms with Gasteiger partial charge in [0.15, 0.2) is 0 Å². The van der Waals surface area contributed by atoms with Crippen LogP contribution in [0.15, 0.2) is 114 Å². The Morgan fingerprint density at radius 3 is 2.34 bits per heavy atom. The van der Waals surface area contributed by atoms with Gasteiger partial charge in [-0.25, -0.2) is 0 Å². The van der Waals surface area contributed by atoms with Crippen LogP contribution in [0, 0.1) is 5.92 Å². The van der Waals surface area contributed by atoms with E-state index in [2.05, 4.69) is 111 Å². The minimum Gasteiger partial charge on any atom is -0.0943 e. The summed E-state index contributed by atoms with van der Waals surface area (Å²) >= 11 is 0. The molecule has 3 aromatic rings. The average molecular weight is 415 g/mol. The van der Waals surface area contributed by atoms with E-state index in [0.29, 0.717) is 0 Å². The lowest BCUT2D eigenvalue weighted by atomic mass is 9.90. The van der Waals surface area contributed by atoms with Crippen LogP contribution in [0.3, 0.4) is 0 Å². The van der Waals surface area contributed by atoms with Gasteiger partial charge in [0.1, 0.15) is 0 Å². The molecule has 0 fully saturated rings. The number of fused-ring (bicyclic) bond motifs is 1. The predicted octanol–water partition coefficient (Wildman–Crippen LogP) is 8.02. The molecule has 5 rings (SSSR count). The Bertz CT molecular complexity index is 1220. The van der Waals surface area contributed by atoms with E-state index in [9.17, 15) is 0 Å². The fraction of sp³-hybridized carbons (Fsp3) is 0.188. The molecule has 0 bridgehead atoms. The van der Waals surface area contributed by atoms with Crippen molar-refractivity contribution in [1.29, 1.82) is 0 Å². The number of benzene rings is 3. The lowest BCUT2D eigenvalue weighted by Gasteiger charge is -2.13. The molecule has 1 atom stereocenters. The Morgan fingerprint density at radius 1 is 0.875 bits per heavy atom. The highest BCUT2D eigenvalue weighted by molar-refractivity contribution is 5.89. The van der Waals surface area contributed by atoms with Crippen LogP contribution in [0.2, 0.25) is 0 Å². The fourth-order valence-corrected chi connectivity index (χ4v) is 4.97. The van der Waals surface area contributed by atoms with Crippen LogP contribution in [0.25, 0.3) is 11.6 Å². The molecule has 0 heterocycles. The summed E-state index contributed by atoms with van der Waals surface area (Å²) in [4.78, 5) is 0. The number of aryl methyl sites for hydroxylation is 2. The van der Waals surface area contributed by atoms with Crippen molar-refractivity contribution in [3.05, 3.63) is 142 Å². The van der Waals surface area contributed by atoms with Crippen LogP contribution in [0.1, 0.15) is 41.2 Å². The molecule has 0 heteroatoms. The number of hydrogen-bond donors (Lipinski definition) is 0. The van der Waals surface area contributed by atoms with E-state index in [-0.39, 0.29) is 5.92 Å². The van der Waals surface area contributed by atoms with Gasteiger partial charge in [0, 0.05) is 5.92 Å². The largest absolute Gasteiger partial charge is 0.0943 e. The monoisotopic (exact) mass is 414 g/mol. The third-order valence-electron chi connectivity index (χ3n) is 6.83. The van der Waals surface area contributed by atoms with Gasteiger partial charge in [-0.1, -0.05) is 116 Å². The molecule has 1 unspecified atom stereocenters. The van der Waals surface area contributed by atoms with Gasteiger partial charge in [0.2, 0.25) is 0 Å². The van der Waals surface area contributed by atoms with Gasteiger partial charge in [0.05, 0.1) is 0 Å². The van der Waals surface area contributed by atoms with E-state index in [1.54, 1.807) is 0 Å². The van der Waals surface area contributed by atoms with Crippen LogP contribution >= 0.6 is 0 Å². The summed E-state index contributed by atoms with van der Waals surface area (Å²) in [6.45, 7) is 6.79. The first kappa shape index (κ1) is 20.5. The first-order valence-corrected chi connectivity index (χ1v) is 11.8. The van der Waals surface area contributed by atoms with Crippen molar-refractivity contribution in [3.63, 3.8) is 0 Å². The smallest absolute Gasteiger partial charge is 0.0244 e. The highest BCUT2D eigenvalue weighted by Crippen LogP contribution is 2.46. The van der Waals surface area contributed by atoms with Crippen molar-refractivity contribution in [2.24, 2.45) is 5.92 Å². The second-order valence-electron chi connectivity index (χ2n) is 8.87. The first-order valence-electron chi connectivity index (χ1n) is 11.8. The number of allylic oxidation sites excluding steroid dienone is 6. The molecular weight excluding hydrogens is 384 g/mol. The molecule has 0 N–H and O–H groups in total. The molecule has 0 radical (unpaired) electrons. The molecule has 2 aliphatic carbocycles. The first-order chi connectivity index (χ1) is 15.7. The molecule has 32 heavy (non-hydrogen) atoms. The Labute approximate surface area is 192 Å². The summed E-state index contributed by atoms with van der Waals surface area (Å²) in [7, 11) is 0. The summed E-state index contributed by atoms with van der Waals surface area (Å²) in [6.07, 6.45) is 11.4. The standard InChI is InChI=1S/C32H30/c1-3-24-16-18-25(19-17-24)10-9-15-30-23(2)31(22-32(30)26-11-5-4-6-12-26)29-20-27-13-7-8-14-28(27)21-29/h4-8,11-20,22,31H,2-3,9-10,21H2,1H3. The van der Waals surface area contributed by atoms with E-state index >= 15 is 0 Å². The molecule has 0 aliphatic heterocycles. The minimum absolute atomic E-state index is 0.285. The maximum absolute atomic E-state index is 4.59. The molecule has 0 saturated heterocycles. The molecular formula is C32H30. The van der Waals surface area contributed by atoms with Gasteiger partial charge in [-0.2, -0.15) is 0 Å². The molecule has 0 amide bonds. The normalized spacial score (nSPS) is 18.6. The molecule has 0 spiro atoms. The SMILES string of the molecule is C=C1C(=CCCc2ccc(CC)cc2)C(c2ccccc2)=CC1C1=Cc2ccccc2C1. The van der Waals surface area contributed by atoms with Gasteiger partial charge in [0.25, 0.3) is 0 Å². The third kappa shape index (κ3) is 4.06. The Kier molecular flexibility index (Phi) is 5.77. The second-order valence-corrected chi connectivity index (χ2v) is 8.87. The van der Waals surface area contributed by atoms with Gasteiger partial charge >= 0.3 is 0 Å². The predicted molar refractivity (Wildman–Crippen MR) is 137 cm³/mol. The van der Waals surface area contributed by atoms with Crippen LogP contribution in [0.5, 0.6) is 0 Å². The summed E-state index contributed by atoms with van der Waals surface area (Å²) in [5, 5.41) is 0. The second kappa shape index (κ2) is 9.01. The maximum atomic E-state index is 4.59. The van der Waals surface area contributed by atoms with Crippen LogP contribution < -0.4 is 0 Å². The van der Waals surface area contributed by atoms with Gasteiger partial charge in [-0.15, -0.1) is 0 Å². The van der Waals surface area contributed by atoms with Crippen molar-refractivity contribution < 1.29 is 0 Å². The quantitative estimate of drug-likeness (QED) is 0.383. The topological polar surface area (TPSA) is 0 Å². The zero-order valence-electron chi connectivity index (χ0n) is 18.9. The van der Waals surface area contributed by atoms with E-state index in [4.69, 9.17) is 0 Å². The summed E-state index contributed by atoms with van der Waals surface area (Å²) in [5.41, 5.74) is 12.2. The fourth-order valence-electron chi connectivity index (χ4n) is 4.97. The van der Waals surface area contributed by atoms with Crippen molar-refractivity contribution in [3.8, 4) is 0 Å². The van der Waals surface area contributed by atoms with Crippen LogP contribution in [-0.4, -0.2) is 0 Å². The van der Waals surface area contributed by atoms with E-state index in [1.165, 1.54) is 50.1 Å². The Morgan fingerprint density at radius 2 is 1.59 bits per heavy atom. The van der Waals surface area contributed by atoms with Crippen LogP contribution in [0.4, 0.5) is 0 Å². The molecule has 3 aromatic carbocycles. The zero-order chi connectivity index (χ0) is 21.9. The third-order valence-corrected chi connectivity index (χ3v) is 6.83. The molecule has 0 aromatic heterocycles. The molecule has 0 nitrogen and oxygen atoms in total. The molecule has 158 valence electrons. The minimum atomic E-state index is 0.285. The van der Waals surface area contributed by atoms with Crippen molar-refractivity contribution >= 4 is 11.6 Å². The maximum Gasteiger partial charge on any atom is 0.0244 e. The summed E-state index contributed by atoms with van der Waals surface area (Å²) in [6, 6.07) is 28.6. The van der Waals surface area contributed by atoms with Crippen molar-refractivity contribution in [1.82, 2.24) is 0 Å². The molecule has 0 saturated carbocycles. The Balaban J connectivity index is 1.41. The van der Waals surface area contributed by atoms with Crippen molar-refractivity contribution in [2.45, 2.75) is 32.6 Å².